The van der Waals surface area contributed by atoms with E-state index in [0.717, 1.165) is 18.7 Å². The zero-order valence-electron chi connectivity index (χ0n) is 13.7. The van der Waals surface area contributed by atoms with Crippen molar-refractivity contribution in [3.05, 3.63) is 29.2 Å². The summed E-state index contributed by atoms with van der Waals surface area (Å²) in [5, 5.41) is 12.2. The Morgan fingerprint density at radius 2 is 2.04 bits per heavy atom. The summed E-state index contributed by atoms with van der Waals surface area (Å²) < 4.78 is 31.8. The minimum absolute atomic E-state index is 0.0877. The second-order valence-corrected chi connectivity index (χ2v) is 8.64. The van der Waals surface area contributed by atoms with Gasteiger partial charge in [-0.05, 0) is 18.8 Å². The maximum atomic E-state index is 12.5. The number of hydrogen-bond donors (Lipinski definition) is 0. The van der Waals surface area contributed by atoms with Gasteiger partial charge in [-0.3, -0.25) is 0 Å². The molecule has 0 aromatic carbocycles. The van der Waals surface area contributed by atoms with Crippen molar-refractivity contribution < 1.29 is 12.9 Å². The van der Waals surface area contributed by atoms with Crippen molar-refractivity contribution in [1.29, 1.82) is 0 Å². The van der Waals surface area contributed by atoms with E-state index in [1.54, 1.807) is 0 Å². The summed E-state index contributed by atoms with van der Waals surface area (Å²) in [6.07, 6.45) is 4.84. The van der Waals surface area contributed by atoms with Crippen LogP contribution >= 0.6 is 0 Å². The van der Waals surface area contributed by atoms with Gasteiger partial charge in [-0.1, -0.05) is 25.4 Å². The highest BCUT2D eigenvalue weighted by Crippen LogP contribution is 2.35. The first-order chi connectivity index (χ1) is 10.9. The lowest BCUT2D eigenvalue weighted by Gasteiger charge is -2.24. The molecule has 0 unspecified atom stereocenters. The lowest BCUT2D eigenvalue weighted by atomic mass is 9.85. The van der Waals surface area contributed by atoms with Gasteiger partial charge in [-0.2, -0.15) is 0 Å². The molecule has 8 heteroatoms. The molecule has 0 atom stereocenters. The first-order valence-corrected chi connectivity index (χ1v) is 9.71. The van der Waals surface area contributed by atoms with Crippen LogP contribution in [0.4, 0.5) is 0 Å². The fourth-order valence-electron chi connectivity index (χ4n) is 2.86. The predicted molar refractivity (Wildman–Crippen MR) is 84.5 cm³/mol. The Bertz CT molecular complexity index is 788. The van der Waals surface area contributed by atoms with E-state index in [2.05, 4.69) is 15.4 Å². The van der Waals surface area contributed by atoms with E-state index in [1.165, 1.54) is 12.7 Å². The van der Waals surface area contributed by atoms with Crippen molar-refractivity contribution in [2.45, 2.75) is 56.5 Å². The standard InChI is InChI=1S/C15H22N4O3S/c1-10(2)14-12(7-22-18-14)8-23(20,21)9-13-16-17-15(19(13)3)11-5-4-6-11/h7,10-11H,4-6,8-9H2,1-3H3. The first-order valence-electron chi connectivity index (χ1n) is 7.89. The Hall–Kier alpha value is -1.70. The number of nitrogens with zero attached hydrogens (tertiary/aromatic N) is 4. The normalized spacial score (nSPS) is 16.0. The van der Waals surface area contributed by atoms with Crippen LogP contribution in [0.15, 0.2) is 10.8 Å². The van der Waals surface area contributed by atoms with Gasteiger partial charge < -0.3 is 9.09 Å². The smallest absolute Gasteiger partial charge is 0.161 e. The maximum absolute atomic E-state index is 12.5. The molecule has 0 spiro atoms. The van der Waals surface area contributed by atoms with Crippen LogP contribution in [-0.4, -0.2) is 28.3 Å². The van der Waals surface area contributed by atoms with Crippen LogP contribution in [0.25, 0.3) is 0 Å². The Morgan fingerprint density at radius 3 is 2.65 bits per heavy atom. The second-order valence-electron chi connectivity index (χ2n) is 6.57. The molecule has 0 amide bonds. The Labute approximate surface area is 136 Å². The predicted octanol–water partition coefficient (Wildman–Crippen LogP) is 2.31. The number of hydrogen-bond acceptors (Lipinski definition) is 6. The topological polar surface area (TPSA) is 90.9 Å². The fraction of sp³-hybridized carbons (Fsp3) is 0.667. The zero-order chi connectivity index (χ0) is 16.6. The van der Waals surface area contributed by atoms with Crippen molar-refractivity contribution in [2.24, 2.45) is 7.05 Å². The van der Waals surface area contributed by atoms with Crippen LogP contribution < -0.4 is 0 Å². The molecule has 0 bridgehead atoms. The highest BCUT2D eigenvalue weighted by molar-refractivity contribution is 7.89. The molecule has 23 heavy (non-hydrogen) atoms. The van der Waals surface area contributed by atoms with Gasteiger partial charge in [0, 0.05) is 18.5 Å². The quantitative estimate of drug-likeness (QED) is 0.802. The molecular formula is C15H22N4O3S. The van der Waals surface area contributed by atoms with Gasteiger partial charge in [-0.25, -0.2) is 8.42 Å². The van der Waals surface area contributed by atoms with Crippen molar-refractivity contribution in [2.75, 3.05) is 0 Å². The van der Waals surface area contributed by atoms with Crippen molar-refractivity contribution in [3.63, 3.8) is 0 Å². The van der Waals surface area contributed by atoms with E-state index in [1.807, 2.05) is 25.5 Å². The summed E-state index contributed by atoms with van der Waals surface area (Å²) >= 11 is 0. The number of rotatable bonds is 6. The van der Waals surface area contributed by atoms with Crippen LogP contribution in [0.1, 0.15) is 67.9 Å². The molecule has 1 fully saturated rings. The van der Waals surface area contributed by atoms with E-state index in [4.69, 9.17) is 4.52 Å². The van der Waals surface area contributed by atoms with E-state index < -0.39 is 9.84 Å². The third kappa shape index (κ3) is 3.31. The Kier molecular flexibility index (Phi) is 4.27. The molecule has 0 radical (unpaired) electrons. The van der Waals surface area contributed by atoms with E-state index in [-0.39, 0.29) is 17.4 Å². The van der Waals surface area contributed by atoms with Gasteiger partial charge in [-0.15, -0.1) is 10.2 Å². The van der Waals surface area contributed by atoms with E-state index >= 15 is 0 Å². The van der Waals surface area contributed by atoms with Crippen LogP contribution in [0.2, 0.25) is 0 Å². The van der Waals surface area contributed by atoms with Gasteiger partial charge in [0.2, 0.25) is 0 Å². The summed E-state index contributed by atoms with van der Waals surface area (Å²) in [7, 11) is -1.52. The average Bonchev–Trinajstić information content (AvgIpc) is 2.97. The molecule has 0 saturated heterocycles. The first kappa shape index (κ1) is 16.2. The van der Waals surface area contributed by atoms with Crippen LogP contribution in [-0.2, 0) is 28.4 Å². The molecule has 7 nitrogen and oxygen atoms in total. The minimum atomic E-state index is -3.36. The lowest BCUT2D eigenvalue weighted by Crippen LogP contribution is -2.16. The van der Waals surface area contributed by atoms with E-state index in [9.17, 15) is 8.42 Å². The van der Waals surface area contributed by atoms with Crippen molar-refractivity contribution in [1.82, 2.24) is 19.9 Å². The monoisotopic (exact) mass is 338 g/mol. The largest absolute Gasteiger partial charge is 0.364 e. The molecule has 0 aliphatic heterocycles. The van der Waals surface area contributed by atoms with Gasteiger partial charge >= 0.3 is 0 Å². The zero-order valence-corrected chi connectivity index (χ0v) is 14.5. The van der Waals surface area contributed by atoms with Gasteiger partial charge in [0.15, 0.2) is 9.84 Å². The molecule has 1 saturated carbocycles. The highest BCUT2D eigenvalue weighted by atomic mass is 32.2. The van der Waals surface area contributed by atoms with Crippen molar-refractivity contribution in [3.8, 4) is 0 Å². The SMILES string of the molecule is CC(C)c1nocc1CS(=O)(=O)Cc1nnc(C2CCC2)n1C. The lowest BCUT2D eigenvalue weighted by molar-refractivity contribution is 0.391. The molecule has 3 rings (SSSR count). The van der Waals surface area contributed by atoms with Gasteiger partial charge in [0.05, 0.1) is 11.4 Å². The van der Waals surface area contributed by atoms with Crippen LogP contribution in [0.5, 0.6) is 0 Å². The third-order valence-corrected chi connectivity index (χ3v) is 5.86. The summed E-state index contributed by atoms with van der Waals surface area (Å²) in [4.78, 5) is 0. The fourth-order valence-corrected chi connectivity index (χ4v) is 4.29. The Morgan fingerprint density at radius 1 is 1.30 bits per heavy atom. The molecule has 1 aliphatic rings. The Balaban J connectivity index is 1.76. The van der Waals surface area contributed by atoms with Crippen molar-refractivity contribution >= 4 is 9.84 Å². The molecule has 2 heterocycles. The van der Waals surface area contributed by atoms with Gasteiger partial charge in [0.25, 0.3) is 0 Å². The molecule has 1 aliphatic carbocycles. The van der Waals surface area contributed by atoms with E-state index in [0.29, 0.717) is 23.0 Å². The second kappa shape index (κ2) is 6.07. The highest BCUT2D eigenvalue weighted by Gasteiger charge is 2.27. The summed E-state index contributed by atoms with van der Waals surface area (Å²) in [6, 6.07) is 0. The summed E-state index contributed by atoms with van der Waals surface area (Å²) in [5.41, 5.74) is 1.32. The molecule has 126 valence electrons. The molecule has 0 N–H and O–H groups in total. The van der Waals surface area contributed by atoms with Crippen LogP contribution in [0.3, 0.4) is 0 Å². The van der Waals surface area contributed by atoms with Gasteiger partial charge in [0.1, 0.15) is 23.7 Å². The summed E-state index contributed by atoms with van der Waals surface area (Å²) in [5.74, 6) is 1.74. The minimum Gasteiger partial charge on any atom is -0.364 e. The summed E-state index contributed by atoms with van der Waals surface area (Å²) in [6.45, 7) is 3.92. The third-order valence-electron chi connectivity index (χ3n) is 4.42. The molecule has 2 aromatic rings. The number of aromatic nitrogens is 4. The van der Waals surface area contributed by atoms with Crippen LogP contribution in [0, 0.1) is 0 Å². The maximum Gasteiger partial charge on any atom is 0.161 e. The average molecular weight is 338 g/mol. The molecule has 2 aromatic heterocycles. The number of sulfone groups is 1. The molecular weight excluding hydrogens is 316 g/mol.